The summed E-state index contributed by atoms with van der Waals surface area (Å²) >= 11 is 3.48. The van der Waals surface area contributed by atoms with E-state index < -0.39 is 5.97 Å². The van der Waals surface area contributed by atoms with E-state index in [9.17, 15) is 4.79 Å². The molecule has 1 atom stereocenters. The van der Waals surface area contributed by atoms with E-state index in [1.54, 1.807) is 0 Å². The van der Waals surface area contributed by atoms with Crippen LogP contribution in [-0.4, -0.2) is 15.6 Å². The minimum Gasteiger partial charge on any atom is -0.481 e. The van der Waals surface area contributed by atoms with Crippen molar-refractivity contribution in [3.8, 4) is 0 Å². The van der Waals surface area contributed by atoms with Crippen LogP contribution in [-0.2, 0) is 18.3 Å². The van der Waals surface area contributed by atoms with Crippen molar-refractivity contribution in [2.45, 2.75) is 25.2 Å². The third kappa shape index (κ3) is 1.38. The Bertz CT molecular complexity index is 384. The molecule has 1 aliphatic carbocycles. The van der Waals surface area contributed by atoms with E-state index in [-0.39, 0.29) is 5.92 Å². The Balaban J connectivity index is 2.50. The highest BCUT2D eigenvalue weighted by molar-refractivity contribution is 9.10. The molecule has 1 N–H and O–H groups in total. The van der Waals surface area contributed by atoms with Crippen molar-refractivity contribution in [1.29, 1.82) is 0 Å². The predicted molar refractivity (Wildman–Crippen MR) is 56.4 cm³/mol. The Labute approximate surface area is 90.9 Å². The lowest BCUT2D eigenvalue weighted by Crippen LogP contribution is -2.16. The topological polar surface area (TPSA) is 42.2 Å². The fraction of sp³-hybridized carbons (Fsp3) is 0.500. The second kappa shape index (κ2) is 3.42. The van der Waals surface area contributed by atoms with Gasteiger partial charge in [-0.05, 0) is 46.3 Å². The molecular weight excluding hydrogens is 246 g/mol. The van der Waals surface area contributed by atoms with Crippen molar-refractivity contribution in [3.63, 3.8) is 0 Å². The molecule has 0 amide bonds. The highest BCUT2D eigenvalue weighted by Crippen LogP contribution is 2.36. The quantitative estimate of drug-likeness (QED) is 0.839. The van der Waals surface area contributed by atoms with E-state index in [1.807, 2.05) is 17.8 Å². The molecule has 14 heavy (non-hydrogen) atoms. The molecule has 1 aliphatic rings. The van der Waals surface area contributed by atoms with Gasteiger partial charge in [0, 0.05) is 13.2 Å². The monoisotopic (exact) mass is 257 g/mol. The predicted octanol–water partition coefficient (Wildman–Crippen LogP) is 2.29. The molecular formula is C10H12BrNO2. The molecule has 1 aromatic heterocycles. The first-order valence-corrected chi connectivity index (χ1v) is 5.47. The molecule has 4 heteroatoms. The van der Waals surface area contributed by atoms with Crippen LogP contribution in [0.2, 0.25) is 0 Å². The summed E-state index contributed by atoms with van der Waals surface area (Å²) in [4.78, 5) is 11.0. The van der Waals surface area contributed by atoms with E-state index in [2.05, 4.69) is 15.9 Å². The molecule has 0 fully saturated rings. The van der Waals surface area contributed by atoms with Crippen molar-refractivity contribution in [2.24, 2.45) is 7.05 Å². The molecule has 0 aromatic carbocycles. The van der Waals surface area contributed by atoms with Crippen LogP contribution in [0.3, 0.4) is 0 Å². The van der Waals surface area contributed by atoms with Gasteiger partial charge in [-0.3, -0.25) is 4.79 Å². The Hall–Kier alpha value is -0.770. The van der Waals surface area contributed by atoms with Gasteiger partial charge in [0.05, 0.1) is 10.5 Å². The second-order valence-electron chi connectivity index (χ2n) is 3.75. The van der Waals surface area contributed by atoms with Crippen LogP contribution in [0.15, 0.2) is 10.8 Å². The fourth-order valence-electron chi connectivity index (χ4n) is 2.12. The number of carbonyl (C=O) groups is 1. The number of halogens is 1. The zero-order valence-corrected chi connectivity index (χ0v) is 9.54. The molecule has 0 saturated carbocycles. The van der Waals surface area contributed by atoms with Crippen molar-refractivity contribution in [1.82, 2.24) is 4.57 Å². The van der Waals surface area contributed by atoms with Crippen LogP contribution < -0.4 is 0 Å². The number of aliphatic carboxylic acids is 1. The third-order valence-corrected chi connectivity index (χ3v) is 3.87. The maximum Gasteiger partial charge on any atom is 0.311 e. The van der Waals surface area contributed by atoms with Gasteiger partial charge >= 0.3 is 5.97 Å². The number of hydrogen-bond acceptors (Lipinski definition) is 1. The largest absolute Gasteiger partial charge is 0.481 e. The van der Waals surface area contributed by atoms with Gasteiger partial charge in [0.15, 0.2) is 0 Å². The number of carboxylic acid groups (broad SMARTS) is 1. The molecule has 76 valence electrons. The van der Waals surface area contributed by atoms with Gasteiger partial charge in [-0.1, -0.05) is 0 Å². The number of rotatable bonds is 1. The Morgan fingerprint density at radius 2 is 2.43 bits per heavy atom. The standard InChI is InChI=1S/C10H12BrNO2/c1-12-5-8-6(9(12)11)3-2-4-7(8)10(13)14/h5,7H,2-4H2,1H3,(H,13,14). The van der Waals surface area contributed by atoms with Crippen molar-refractivity contribution >= 4 is 21.9 Å². The molecule has 1 heterocycles. The van der Waals surface area contributed by atoms with Crippen LogP contribution in [0.4, 0.5) is 0 Å². The van der Waals surface area contributed by atoms with Gasteiger partial charge in [-0.2, -0.15) is 0 Å². The minimum absolute atomic E-state index is 0.309. The first-order valence-electron chi connectivity index (χ1n) is 4.67. The molecule has 1 aromatic rings. The number of aryl methyl sites for hydroxylation is 1. The first-order chi connectivity index (χ1) is 6.61. The molecule has 0 radical (unpaired) electrons. The zero-order chi connectivity index (χ0) is 10.3. The second-order valence-corrected chi connectivity index (χ2v) is 4.50. The molecule has 0 saturated heterocycles. The van der Waals surface area contributed by atoms with Gasteiger partial charge in [0.1, 0.15) is 0 Å². The van der Waals surface area contributed by atoms with Gasteiger partial charge in [-0.25, -0.2) is 0 Å². The molecule has 1 unspecified atom stereocenters. The molecule has 0 bridgehead atoms. The lowest BCUT2D eigenvalue weighted by molar-refractivity contribution is -0.139. The summed E-state index contributed by atoms with van der Waals surface area (Å²) < 4.78 is 2.98. The van der Waals surface area contributed by atoms with Crippen LogP contribution in [0.25, 0.3) is 0 Å². The highest BCUT2D eigenvalue weighted by atomic mass is 79.9. The third-order valence-electron chi connectivity index (χ3n) is 2.83. The number of nitrogens with zero attached hydrogens (tertiary/aromatic N) is 1. The Morgan fingerprint density at radius 1 is 1.71 bits per heavy atom. The zero-order valence-electron chi connectivity index (χ0n) is 7.96. The number of carboxylic acids is 1. The molecule has 0 spiro atoms. The average Bonchev–Trinajstić information content (AvgIpc) is 2.43. The summed E-state index contributed by atoms with van der Waals surface area (Å²) in [7, 11) is 1.93. The normalized spacial score (nSPS) is 20.6. The molecule has 3 nitrogen and oxygen atoms in total. The maximum absolute atomic E-state index is 11.0. The van der Waals surface area contributed by atoms with Crippen molar-refractivity contribution in [3.05, 3.63) is 21.9 Å². The lowest BCUT2D eigenvalue weighted by atomic mass is 9.86. The van der Waals surface area contributed by atoms with Crippen LogP contribution in [0, 0.1) is 0 Å². The molecule has 2 rings (SSSR count). The minimum atomic E-state index is -0.705. The number of hydrogen-bond donors (Lipinski definition) is 1. The Kier molecular flexibility index (Phi) is 2.39. The van der Waals surface area contributed by atoms with Crippen molar-refractivity contribution < 1.29 is 9.90 Å². The summed E-state index contributed by atoms with van der Waals surface area (Å²) in [5.74, 6) is -1.01. The number of aromatic nitrogens is 1. The first kappa shape index (κ1) is 9.77. The highest BCUT2D eigenvalue weighted by Gasteiger charge is 2.29. The summed E-state index contributed by atoms with van der Waals surface area (Å²) in [6.45, 7) is 0. The van der Waals surface area contributed by atoms with Crippen LogP contribution in [0.5, 0.6) is 0 Å². The average molecular weight is 258 g/mol. The smallest absolute Gasteiger partial charge is 0.311 e. The maximum atomic E-state index is 11.0. The Morgan fingerprint density at radius 3 is 3.07 bits per heavy atom. The lowest BCUT2D eigenvalue weighted by Gasteiger charge is -2.18. The van der Waals surface area contributed by atoms with Gasteiger partial charge in [0.25, 0.3) is 0 Å². The summed E-state index contributed by atoms with van der Waals surface area (Å²) in [5.41, 5.74) is 2.16. The van der Waals surface area contributed by atoms with Gasteiger partial charge < -0.3 is 9.67 Å². The SMILES string of the molecule is Cn1cc2c(c1Br)CCCC2C(=O)O. The molecule has 0 aliphatic heterocycles. The van der Waals surface area contributed by atoms with E-state index in [4.69, 9.17) is 5.11 Å². The van der Waals surface area contributed by atoms with Crippen LogP contribution >= 0.6 is 15.9 Å². The summed E-state index contributed by atoms with van der Waals surface area (Å²) in [6.07, 6.45) is 4.64. The van der Waals surface area contributed by atoms with Gasteiger partial charge in [0.2, 0.25) is 0 Å². The number of fused-ring (bicyclic) bond motifs is 1. The fourth-order valence-corrected chi connectivity index (χ4v) is 2.65. The summed E-state index contributed by atoms with van der Waals surface area (Å²) in [5, 5.41) is 9.06. The van der Waals surface area contributed by atoms with E-state index in [0.29, 0.717) is 0 Å². The summed E-state index contributed by atoms with van der Waals surface area (Å²) in [6, 6.07) is 0. The van der Waals surface area contributed by atoms with Gasteiger partial charge in [-0.15, -0.1) is 0 Å². The van der Waals surface area contributed by atoms with Crippen molar-refractivity contribution in [2.75, 3.05) is 0 Å². The van der Waals surface area contributed by atoms with E-state index >= 15 is 0 Å². The van der Waals surface area contributed by atoms with E-state index in [0.717, 1.165) is 29.4 Å². The van der Waals surface area contributed by atoms with E-state index in [1.165, 1.54) is 5.56 Å². The van der Waals surface area contributed by atoms with Crippen LogP contribution in [0.1, 0.15) is 29.9 Å².